The number of ether oxygens (including phenoxy) is 1. The minimum atomic E-state index is 0.256. The summed E-state index contributed by atoms with van der Waals surface area (Å²) in [6.45, 7) is 4.63. The van der Waals surface area contributed by atoms with Crippen molar-refractivity contribution in [2.24, 2.45) is 0 Å². The Morgan fingerprint density at radius 1 is 1.32 bits per heavy atom. The molecule has 1 N–H and O–H groups in total. The van der Waals surface area contributed by atoms with E-state index in [0.717, 1.165) is 26.2 Å². The van der Waals surface area contributed by atoms with E-state index in [0.29, 0.717) is 25.6 Å². The highest BCUT2D eigenvalue weighted by atomic mass is 16.5. The van der Waals surface area contributed by atoms with Crippen molar-refractivity contribution in [3.05, 3.63) is 35.4 Å². The predicted octanol–water partition coefficient (Wildman–Crippen LogP) is 1.12. The molecule has 1 aromatic rings. The van der Waals surface area contributed by atoms with Gasteiger partial charge >= 0.3 is 0 Å². The fraction of sp³-hybridized carbons (Fsp3) is 0.533. The van der Waals surface area contributed by atoms with Crippen molar-refractivity contribution in [1.82, 2.24) is 10.2 Å². The minimum Gasteiger partial charge on any atom is -0.378 e. The molecule has 0 aliphatic carbocycles. The molecule has 2 heterocycles. The summed E-state index contributed by atoms with van der Waals surface area (Å²) >= 11 is 0. The predicted molar refractivity (Wildman–Crippen MR) is 72.9 cm³/mol. The van der Waals surface area contributed by atoms with Gasteiger partial charge in [-0.1, -0.05) is 24.3 Å². The van der Waals surface area contributed by atoms with Crippen LogP contribution in [0.15, 0.2) is 24.3 Å². The topological polar surface area (TPSA) is 41.6 Å². The van der Waals surface area contributed by atoms with Crippen LogP contribution in [0.4, 0.5) is 0 Å². The SMILES string of the molecule is O=C(CC1CNCc2ccccc21)N1CCOCC1. The van der Waals surface area contributed by atoms with Crippen molar-refractivity contribution >= 4 is 5.91 Å². The number of nitrogens with zero attached hydrogens (tertiary/aromatic N) is 1. The third-order valence-corrected chi connectivity index (χ3v) is 3.99. The lowest BCUT2D eigenvalue weighted by Gasteiger charge is -2.31. The number of hydrogen-bond donors (Lipinski definition) is 1. The normalized spacial score (nSPS) is 22.9. The van der Waals surface area contributed by atoms with Crippen LogP contribution >= 0.6 is 0 Å². The van der Waals surface area contributed by atoms with Gasteiger partial charge in [0.2, 0.25) is 5.91 Å². The van der Waals surface area contributed by atoms with Crippen molar-refractivity contribution < 1.29 is 9.53 Å². The average Bonchev–Trinajstić information content (AvgIpc) is 2.48. The van der Waals surface area contributed by atoms with Crippen LogP contribution in [0, 0.1) is 0 Å². The quantitative estimate of drug-likeness (QED) is 0.866. The van der Waals surface area contributed by atoms with Crippen molar-refractivity contribution in [2.45, 2.75) is 18.9 Å². The van der Waals surface area contributed by atoms with Crippen molar-refractivity contribution in [1.29, 1.82) is 0 Å². The van der Waals surface area contributed by atoms with Crippen LogP contribution in [0.1, 0.15) is 23.5 Å². The number of rotatable bonds is 2. The molecule has 102 valence electrons. The highest BCUT2D eigenvalue weighted by Gasteiger charge is 2.25. The number of carbonyl (C=O) groups is 1. The van der Waals surface area contributed by atoms with Gasteiger partial charge in [-0.2, -0.15) is 0 Å². The monoisotopic (exact) mass is 260 g/mol. The van der Waals surface area contributed by atoms with E-state index in [1.54, 1.807) is 0 Å². The second kappa shape index (κ2) is 5.72. The van der Waals surface area contributed by atoms with Crippen LogP contribution in [0.3, 0.4) is 0 Å². The van der Waals surface area contributed by atoms with Gasteiger partial charge in [0.05, 0.1) is 13.2 Å². The number of benzene rings is 1. The molecule has 1 unspecified atom stereocenters. The molecule has 4 heteroatoms. The van der Waals surface area contributed by atoms with Gasteiger partial charge in [0, 0.05) is 38.5 Å². The molecule has 3 rings (SSSR count). The second-order valence-electron chi connectivity index (χ2n) is 5.22. The molecule has 0 bridgehead atoms. The summed E-state index contributed by atoms with van der Waals surface area (Å²) < 4.78 is 5.29. The molecule has 1 saturated heterocycles. The Hall–Kier alpha value is -1.39. The van der Waals surface area contributed by atoms with Crippen LogP contribution in [0.2, 0.25) is 0 Å². The van der Waals surface area contributed by atoms with Crippen LogP contribution in [0.5, 0.6) is 0 Å². The molecule has 0 spiro atoms. The molecule has 1 aromatic carbocycles. The first kappa shape index (κ1) is 12.6. The highest BCUT2D eigenvalue weighted by molar-refractivity contribution is 5.77. The molecular formula is C15H20N2O2. The van der Waals surface area contributed by atoms with Crippen molar-refractivity contribution in [3.8, 4) is 0 Å². The Balaban J connectivity index is 1.68. The van der Waals surface area contributed by atoms with Gasteiger partial charge in [0.25, 0.3) is 0 Å². The largest absolute Gasteiger partial charge is 0.378 e. The van der Waals surface area contributed by atoms with Gasteiger partial charge in [0.15, 0.2) is 0 Å². The molecule has 0 radical (unpaired) electrons. The summed E-state index contributed by atoms with van der Waals surface area (Å²) in [4.78, 5) is 14.2. The third kappa shape index (κ3) is 2.80. The van der Waals surface area contributed by atoms with E-state index >= 15 is 0 Å². The van der Waals surface area contributed by atoms with Gasteiger partial charge in [0.1, 0.15) is 0 Å². The summed E-state index contributed by atoms with van der Waals surface area (Å²) in [5.41, 5.74) is 2.66. The first-order valence-electron chi connectivity index (χ1n) is 6.98. The fourth-order valence-electron chi connectivity index (χ4n) is 2.92. The Labute approximate surface area is 113 Å². The zero-order valence-electron chi connectivity index (χ0n) is 11.1. The van der Waals surface area contributed by atoms with E-state index in [1.807, 2.05) is 4.90 Å². The van der Waals surface area contributed by atoms with Crippen LogP contribution in [0.25, 0.3) is 0 Å². The van der Waals surface area contributed by atoms with Crippen molar-refractivity contribution in [3.63, 3.8) is 0 Å². The number of amides is 1. The summed E-state index contributed by atoms with van der Waals surface area (Å²) in [7, 11) is 0. The number of morpholine rings is 1. The van der Waals surface area contributed by atoms with E-state index in [1.165, 1.54) is 11.1 Å². The molecule has 0 aromatic heterocycles. The molecule has 1 atom stereocenters. The molecular weight excluding hydrogens is 240 g/mol. The molecule has 0 saturated carbocycles. The average molecular weight is 260 g/mol. The lowest BCUT2D eigenvalue weighted by Crippen LogP contribution is -2.42. The van der Waals surface area contributed by atoms with E-state index in [4.69, 9.17) is 4.74 Å². The zero-order valence-corrected chi connectivity index (χ0v) is 11.1. The summed E-state index contributed by atoms with van der Waals surface area (Å²) in [6, 6.07) is 8.43. The maximum Gasteiger partial charge on any atom is 0.223 e. The van der Waals surface area contributed by atoms with E-state index in [-0.39, 0.29) is 5.91 Å². The number of fused-ring (bicyclic) bond motifs is 1. The van der Waals surface area contributed by atoms with E-state index < -0.39 is 0 Å². The molecule has 4 nitrogen and oxygen atoms in total. The Bertz CT molecular complexity index is 455. The Morgan fingerprint density at radius 2 is 2.11 bits per heavy atom. The first-order chi connectivity index (χ1) is 9.34. The second-order valence-corrected chi connectivity index (χ2v) is 5.22. The van der Waals surface area contributed by atoms with Crippen molar-refractivity contribution in [2.75, 3.05) is 32.8 Å². The number of carbonyl (C=O) groups excluding carboxylic acids is 1. The highest BCUT2D eigenvalue weighted by Crippen LogP contribution is 2.27. The van der Waals surface area contributed by atoms with Gasteiger partial charge < -0.3 is 15.0 Å². The van der Waals surface area contributed by atoms with Crippen LogP contribution < -0.4 is 5.32 Å². The Morgan fingerprint density at radius 3 is 2.95 bits per heavy atom. The maximum atomic E-state index is 12.3. The van der Waals surface area contributed by atoms with Crippen LogP contribution in [-0.4, -0.2) is 43.7 Å². The van der Waals surface area contributed by atoms with Gasteiger partial charge in [-0.05, 0) is 11.1 Å². The van der Waals surface area contributed by atoms with Gasteiger partial charge in [-0.15, -0.1) is 0 Å². The van der Waals surface area contributed by atoms with Crippen LogP contribution in [-0.2, 0) is 16.1 Å². The smallest absolute Gasteiger partial charge is 0.223 e. The first-order valence-corrected chi connectivity index (χ1v) is 6.98. The summed E-state index contributed by atoms with van der Waals surface area (Å²) in [5, 5.41) is 3.40. The van der Waals surface area contributed by atoms with E-state index in [2.05, 4.69) is 29.6 Å². The number of hydrogen-bond acceptors (Lipinski definition) is 3. The lowest BCUT2D eigenvalue weighted by molar-refractivity contribution is -0.135. The summed E-state index contributed by atoms with van der Waals surface area (Å²) in [6.07, 6.45) is 0.601. The van der Waals surface area contributed by atoms with Gasteiger partial charge in [-0.25, -0.2) is 0 Å². The summed E-state index contributed by atoms with van der Waals surface area (Å²) in [5.74, 6) is 0.562. The lowest BCUT2D eigenvalue weighted by atomic mass is 9.88. The molecule has 2 aliphatic heterocycles. The van der Waals surface area contributed by atoms with Gasteiger partial charge in [-0.3, -0.25) is 4.79 Å². The molecule has 1 amide bonds. The fourth-order valence-corrected chi connectivity index (χ4v) is 2.92. The third-order valence-electron chi connectivity index (χ3n) is 3.99. The van der Waals surface area contributed by atoms with E-state index in [9.17, 15) is 4.79 Å². The molecule has 19 heavy (non-hydrogen) atoms. The maximum absolute atomic E-state index is 12.3. The molecule has 2 aliphatic rings. The molecule has 1 fully saturated rings. The zero-order chi connectivity index (χ0) is 13.1. The Kier molecular flexibility index (Phi) is 3.80. The number of nitrogens with one attached hydrogen (secondary N) is 1. The standard InChI is InChI=1S/C15H20N2O2/c18-15(17-5-7-19-8-6-17)9-13-11-16-10-12-3-1-2-4-14(12)13/h1-4,13,16H,5-11H2. The minimum absolute atomic E-state index is 0.256.